The van der Waals surface area contributed by atoms with Crippen molar-refractivity contribution >= 4 is 23.3 Å². The number of rotatable bonds is 4. The monoisotopic (exact) mass is 394 g/mol. The van der Waals surface area contributed by atoms with Crippen LogP contribution in [0.2, 0.25) is 0 Å². The number of hydrogen-bond donors (Lipinski definition) is 1. The van der Waals surface area contributed by atoms with Crippen LogP contribution in [0.5, 0.6) is 0 Å². The molecule has 1 heterocycles. The molecule has 4 rings (SSSR count). The minimum Gasteiger partial charge on any atom is -0.465 e. The number of esters is 1. The zero-order valence-electron chi connectivity index (χ0n) is 16.6. The Labute approximate surface area is 170 Å². The van der Waals surface area contributed by atoms with E-state index in [4.69, 9.17) is 9.47 Å². The van der Waals surface area contributed by atoms with Crippen LogP contribution in [0, 0.1) is 0 Å². The van der Waals surface area contributed by atoms with Gasteiger partial charge in [-0.15, -0.1) is 0 Å². The fraction of sp³-hybridized carbons (Fsp3) is 0.391. The van der Waals surface area contributed by atoms with Gasteiger partial charge >= 0.3 is 5.97 Å². The first-order valence-electron chi connectivity index (χ1n) is 10.1. The average molecular weight is 394 g/mol. The number of methoxy groups -OCH3 is 1. The molecule has 1 saturated heterocycles. The van der Waals surface area contributed by atoms with Crippen LogP contribution in [0.3, 0.4) is 0 Å². The molecule has 0 spiro atoms. The molecule has 1 fully saturated rings. The number of nitrogens with zero attached hydrogens (tertiary/aromatic N) is 1. The van der Waals surface area contributed by atoms with Crippen LogP contribution in [0.1, 0.15) is 40.2 Å². The van der Waals surface area contributed by atoms with Gasteiger partial charge in [-0.2, -0.15) is 0 Å². The van der Waals surface area contributed by atoms with Crippen LogP contribution in [-0.4, -0.2) is 45.3 Å². The third-order valence-corrected chi connectivity index (χ3v) is 5.73. The number of benzene rings is 2. The van der Waals surface area contributed by atoms with E-state index in [0.29, 0.717) is 24.5 Å². The van der Waals surface area contributed by atoms with Crippen molar-refractivity contribution in [3.8, 4) is 0 Å². The first-order chi connectivity index (χ1) is 14.2. The van der Waals surface area contributed by atoms with Crippen molar-refractivity contribution < 1.29 is 19.1 Å². The minimum absolute atomic E-state index is 0.0820. The maximum Gasteiger partial charge on any atom is 0.340 e. The Morgan fingerprint density at radius 3 is 2.72 bits per heavy atom. The van der Waals surface area contributed by atoms with Gasteiger partial charge < -0.3 is 19.7 Å². The van der Waals surface area contributed by atoms with Crippen molar-refractivity contribution in [1.82, 2.24) is 0 Å². The zero-order valence-corrected chi connectivity index (χ0v) is 16.6. The van der Waals surface area contributed by atoms with Gasteiger partial charge in [-0.05, 0) is 48.6 Å². The molecule has 1 aliphatic heterocycles. The van der Waals surface area contributed by atoms with Gasteiger partial charge in [-0.1, -0.05) is 24.3 Å². The summed E-state index contributed by atoms with van der Waals surface area (Å²) in [5.74, 6) is -0.745. The van der Waals surface area contributed by atoms with Crippen LogP contribution >= 0.6 is 0 Å². The summed E-state index contributed by atoms with van der Waals surface area (Å²) in [5.41, 5.74) is 4.10. The summed E-state index contributed by atoms with van der Waals surface area (Å²) in [6.07, 6.45) is 2.79. The molecule has 1 aliphatic carbocycles. The Hall–Kier alpha value is -2.86. The second-order valence-electron chi connectivity index (χ2n) is 7.45. The SMILES string of the molecule is COC(=O)c1cc(N2CCOCC2)ccc1NC(=O)C1CCCc2ccccc21. The summed E-state index contributed by atoms with van der Waals surface area (Å²) in [5, 5.41) is 2.98. The van der Waals surface area contributed by atoms with Crippen LogP contribution in [0.25, 0.3) is 0 Å². The van der Waals surface area contributed by atoms with E-state index < -0.39 is 5.97 Å². The molecule has 1 atom stereocenters. The van der Waals surface area contributed by atoms with E-state index in [1.807, 2.05) is 24.3 Å². The lowest BCUT2D eigenvalue weighted by Crippen LogP contribution is -2.36. The Morgan fingerprint density at radius 1 is 1.14 bits per heavy atom. The molecule has 0 saturated carbocycles. The summed E-state index contributed by atoms with van der Waals surface area (Å²) in [6.45, 7) is 2.86. The lowest BCUT2D eigenvalue weighted by Gasteiger charge is -2.29. The number of aryl methyl sites for hydroxylation is 1. The zero-order chi connectivity index (χ0) is 20.2. The Kier molecular flexibility index (Phi) is 5.81. The lowest BCUT2D eigenvalue weighted by molar-refractivity contribution is -0.117. The smallest absolute Gasteiger partial charge is 0.340 e. The molecule has 2 aliphatic rings. The highest BCUT2D eigenvalue weighted by molar-refractivity contribution is 6.04. The van der Waals surface area contributed by atoms with Gasteiger partial charge in [0.25, 0.3) is 0 Å². The first-order valence-corrected chi connectivity index (χ1v) is 10.1. The fourth-order valence-corrected chi connectivity index (χ4v) is 4.18. The molecule has 6 nitrogen and oxygen atoms in total. The predicted octanol–water partition coefficient (Wildman–Crippen LogP) is 3.37. The molecule has 29 heavy (non-hydrogen) atoms. The molecule has 1 amide bonds. The maximum atomic E-state index is 13.1. The normalized spacial score (nSPS) is 18.7. The Bertz CT molecular complexity index is 906. The van der Waals surface area contributed by atoms with Gasteiger partial charge in [0.2, 0.25) is 5.91 Å². The summed E-state index contributed by atoms with van der Waals surface area (Å²) >= 11 is 0. The minimum atomic E-state index is -0.459. The average Bonchev–Trinajstić information content (AvgIpc) is 2.79. The molecule has 2 aromatic carbocycles. The third kappa shape index (κ3) is 4.12. The Balaban J connectivity index is 1.59. The van der Waals surface area contributed by atoms with Crippen LogP contribution in [0.15, 0.2) is 42.5 Å². The number of fused-ring (bicyclic) bond motifs is 1. The third-order valence-electron chi connectivity index (χ3n) is 5.73. The molecule has 2 aromatic rings. The van der Waals surface area contributed by atoms with E-state index in [2.05, 4.69) is 16.3 Å². The highest BCUT2D eigenvalue weighted by Gasteiger charge is 2.27. The molecule has 1 unspecified atom stereocenters. The molecule has 0 radical (unpaired) electrons. The molecular formula is C23H26N2O4. The largest absolute Gasteiger partial charge is 0.465 e. The highest BCUT2D eigenvalue weighted by Crippen LogP contribution is 2.33. The number of amides is 1. The number of anilines is 2. The number of carbonyl (C=O) groups excluding carboxylic acids is 2. The van der Waals surface area contributed by atoms with E-state index in [9.17, 15) is 9.59 Å². The van der Waals surface area contributed by atoms with E-state index in [-0.39, 0.29) is 11.8 Å². The molecule has 0 bridgehead atoms. The summed E-state index contributed by atoms with van der Waals surface area (Å²) < 4.78 is 10.4. The number of morpholine rings is 1. The Morgan fingerprint density at radius 2 is 1.93 bits per heavy atom. The van der Waals surface area contributed by atoms with Crippen LogP contribution in [0.4, 0.5) is 11.4 Å². The van der Waals surface area contributed by atoms with E-state index >= 15 is 0 Å². The quantitative estimate of drug-likeness (QED) is 0.806. The second-order valence-corrected chi connectivity index (χ2v) is 7.45. The predicted molar refractivity (Wildman–Crippen MR) is 112 cm³/mol. The van der Waals surface area contributed by atoms with Crippen molar-refractivity contribution in [2.45, 2.75) is 25.2 Å². The summed E-state index contributed by atoms with van der Waals surface area (Å²) in [6, 6.07) is 13.6. The van der Waals surface area contributed by atoms with Crippen molar-refractivity contribution in [2.75, 3.05) is 43.6 Å². The first kappa shape index (κ1) is 19.5. The lowest BCUT2D eigenvalue weighted by atomic mass is 9.82. The second kappa shape index (κ2) is 8.66. The molecule has 0 aromatic heterocycles. The van der Waals surface area contributed by atoms with Gasteiger partial charge in [0, 0.05) is 18.8 Å². The summed E-state index contributed by atoms with van der Waals surface area (Å²) in [4.78, 5) is 27.7. The number of ether oxygens (including phenoxy) is 2. The van der Waals surface area contributed by atoms with E-state index in [1.165, 1.54) is 12.7 Å². The van der Waals surface area contributed by atoms with Crippen molar-refractivity contribution in [1.29, 1.82) is 0 Å². The van der Waals surface area contributed by atoms with E-state index in [1.54, 1.807) is 12.1 Å². The molecule has 6 heteroatoms. The topological polar surface area (TPSA) is 67.9 Å². The van der Waals surface area contributed by atoms with Gasteiger partial charge in [0.05, 0.1) is 37.5 Å². The van der Waals surface area contributed by atoms with Gasteiger partial charge in [-0.3, -0.25) is 4.79 Å². The van der Waals surface area contributed by atoms with Crippen LogP contribution < -0.4 is 10.2 Å². The molecular weight excluding hydrogens is 368 g/mol. The van der Waals surface area contributed by atoms with Gasteiger partial charge in [-0.25, -0.2) is 4.79 Å². The maximum absolute atomic E-state index is 13.1. The number of hydrogen-bond acceptors (Lipinski definition) is 5. The molecule has 152 valence electrons. The van der Waals surface area contributed by atoms with Crippen LogP contribution in [-0.2, 0) is 20.7 Å². The van der Waals surface area contributed by atoms with Crippen molar-refractivity contribution in [2.24, 2.45) is 0 Å². The molecule has 1 N–H and O–H groups in total. The van der Waals surface area contributed by atoms with Crippen molar-refractivity contribution in [3.05, 3.63) is 59.2 Å². The van der Waals surface area contributed by atoms with Gasteiger partial charge in [0.1, 0.15) is 0 Å². The van der Waals surface area contributed by atoms with Crippen molar-refractivity contribution in [3.63, 3.8) is 0 Å². The standard InChI is InChI=1S/C23H26N2O4/c1-28-23(27)20-15-17(25-11-13-29-14-12-25)9-10-21(20)24-22(26)19-8-4-6-16-5-2-3-7-18(16)19/h2-3,5,7,9-10,15,19H,4,6,8,11-14H2,1H3,(H,24,26). The number of nitrogens with one attached hydrogen (secondary N) is 1. The highest BCUT2D eigenvalue weighted by atomic mass is 16.5. The van der Waals surface area contributed by atoms with Gasteiger partial charge in [0.15, 0.2) is 0 Å². The summed E-state index contributed by atoms with van der Waals surface area (Å²) in [7, 11) is 1.35. The number of carbonyl (C=O) groups is 2. The van der Waals surface area contributed by atoms with E-state index in [0.717, 1.165) is 43.6 Å². The fourth-order valence-electron chi connectivity index (χ4n) is 4.18.